The molecule has 0 saturated heterocycles. The number of phenolic OH excluding ortho intramolecular Hbond substituents is 1. The molecule has 4 rings (SSSR count). The minimum Gasteiger partial charge on any atom is -0.507 e. The molecule has 2 N–H and O–H groups in total. The highest BCUT2D eigenvalue weighted by molar-refractivity contribution is 5.95. The van der Waals surface area contributed by atoms with E-state index < -0.39 is 29.1 Å². The third-order valence-corrected chi connectivity index (χ3v) is 5.20. The fraction of sp³-hybridized carbons (Fsp3) is 0.222. The molecule has 8 nitrogen and oxygen atoms in total. The van der Waals surface area contributed by atoms with Crippen LogP contribution in [0.25, 0.3) is 21.9 Å². The van der Waals surface area contributed by atoms with Crippen LogP contribution >= 0.6 is 0 Å². The van der Waals surface area contributed by atoms with Crippen molar-refractivity contribution in [1.82, 2.24) is 5.32 Å². The quantitative estimate of drug-likeness (QED) is 0.239. The molecule has 0 fully saturated rings. The van der Waals surface area contributed by atoms with Crippen LogP contribution in [0.1, 0.15) is 37.9 Å². The summed E-state index contributed by atoms with van der Waals surface area (Å²) in [4.78, 5) is 38.5. The highest BCUT2D eigenvalue weighted by Crippen LogP contribution is 2.32. The second-order valence-corrected chi connectivity index (χ2v) is 9.11. The van der Waals surface area contributed by atoms with Gasteiger partial charge in [-0.15, -0.1) is 0 Å². The zero-order chi connectivity index (χ0) is 25.3. The molecule has 1 atom stereocenters. The Balaban J connectivity index is 1.70. The molecule has 0 aliphatic heterocycles. The van der Waals surface area contributed by atoms with Crippen LogP contribution in [0.4, 0.5) is 4.79 Å². The topological polar surface area (TPSA) is 115 Å². The van der Waals surface area contributed by atoms with Gasteiger partial charge in [-0.1, -0.05) is 42.5 Å². The monoisotopic (exact) mass is 475 g/mol. The van der Waals surface area contributed by atoms with Crippen molar-refractivity contribution in [3.8, 4) is 11.5 Å². The third kappa shape index (κ3) is 5.11. The van der Waals surface area contributed by atoms with E-state index in [0.717, 1.165) is 11.6 Å². The molecule has 0 aliphatic rings. The van der Waals surface area contributed by atoms with Crippen molar-refractivity contribution in [2.24, 2.45) is 0 Å². The minimum atomic E-state index is -1.19. The number of alkyl carbamates (subject to hydrolysis) is 1. The summed E-state index contributed by atoms with van der Waals surface area (Å²) in [5.41, 5.74) is 0.500. The molecule has 180 valence electrons. The van der Waals surface area contributed by atoms with Gasteiger partial charge in [0.25, 0.3) is 0 Å². The summed E-state index contributed by atoms with van der Waals surface area (Å²) in [6.07, 6.45) is -0.794. The van der Waals surface area contributed by atoms with Crippen molar-refractivity contribution in [3.05, 3.63) is 82.0 Å². The van der Waals surface area contributed by atoms with Gasteiger partial charge < -0.3 is 24.3 Å². The summed E-state index contributed by atoms with van der Waals surface area (Å²) in [5, 5.41) is 13.4. The van der Waals surface area contributed by atoms with E-state index >= 15 is 0 Å². The molecule has 0 unspecified atom stereocenters. The van der Waals surface area contributed by atoms with E-state index in [-0.39, 0.29) is 22.5 Å². The van der Waals surface area contributed by atoms with Gasteiger partial charge in [-0.05, 0) is 44.9 Å². The number of amides is 1. The number of hydrogen-bond donors (Lipinski definition) is 2. The average Bonchev–Trinajstić information content (AvgIpc) is 2.77. The lowest BCUT2D eigenvalue weighted by atomic mass is 10.1. The SMILES string of the molecule is Cc1cccc2c(=O)c3c(O)cc(OC(=O)[C@@H](NC(=O)OC(C)(C)C)c4ccccc4)cc3oc12. The Hall–Kier alpha value is -4.33. The van der Waals surface area contributed by atoms with Gasteiger partial charge in [-0.3, -0.25) is 4.79 Å². The van der Waals surface area contributed by atoms with Crippen molar-refractivity contribution < 1.29 is 28.6 Å². The number of hydrogen-bond acceptors (Lipinski definition) is 7. The number of rotatable bonds is 4. The van der Waals surface area contributed by atoms with Gasteiger partial charge in [0.2, 0.25) is 5.43 Å². The fourth-order valence-corrected chi connectivity index (χ4v) is 3.68. The van der Waals surface area contributed by atoms with E-state index in [2.05, 4.69) is 5.32 Å². The zero-order valence-corrected chi connectivity index (χ0v) is 19.7. The van der Waals surface area contributed by atoms with Crippen LogP contribution in [-0.4, -0.2) is 22.8 Å². The number of aryl methyl sites for hydroxylation is 1. The van der Waals surface area contributed by atoms with E-state index in [1.54, 1.807) is 76.2 Å². The number of fused-ring (bicyclic) bond motifs is 2. The van der Waals surface area contributed by atoms with Gasteiger partial charge in [0.15, 0.2) is 6.04 Å². The minimum absolute atomic E-state index is 0.0191. The normalized spacial score (nSPS) is 12.3. The van der Waals surface area contributed by atoms with E-state index in [1.165, 1.54) is 6.07 Å². The van der Waals surface area contributed by atoms with E-state index in [9.17, 15) is 19.5 Å². The van der Waals surface area contributed by atoms with Gasteiger partial charge in [0.05, 0.1) is 5.39 Å². The van der Waals surface area contributed by atoms with Crippen LogP contribution in [0.2, 0.25) is 0 Å². The molecular weight excluding hydrogens is 450 g/mol. The first kappa shape index (κ1) is 23.8. The lowest BCUT2D eigenvalue weighted by molar-refractivity contribution is -0.137. The maximum absolute atomic E-state index is 13.1. The van der Waals surface area contributed by atoms with Crippen LogP contribution in [0.3, 0.4) is 0 Å². The molecule has 35 heavy (non-hydrogen) atoms. The first-order valence-electron chi connectivity index (χ1n) is 11.0. The summed E-state index contributed by atoms with van der Waals surface area (Å²) < 4.78 is 16.7. The Morgan fingerprint density at radius 2 is 1.74 bits per heavy atom. The lowest BCUT2D eigenvalue weighted by Gasteiger charge is -2.23. The zero-order valence-electron chi connectivity index (χ0n) is 19.7. The predicted octanol–water partition coefficient (Wildman–Crippen LogP) is 5.13. The Bertz CT molecular complexity index is 1480. The molecule has 1 aromatic heterocycles. The van der Waals surface area contributed by atoms with Gasteiger partial charge in [-0.25, -0.2) is 9.59 Å². The summed E-state index contributed by atoms with van der Waals surface area (Å²) in [7, 11) is 0. The molecule has 0 bridgehead atoms. The second kappa shape index (κ2) is 9.13. The molecular formula is C27H25NO7. The van der Waals surface area contributed by atoms with E-state index in [1.807, 2.05) is 0 Å². The molecule has 0 spiro atoms. The van der Waals surface area contributed by atoms with Gasteiger partial charge in [0.1, 0.15) is 33.7 Å². The van der Waals surface area contributed by atoms with Crippen LogP contribution < -0.4 is 15.5 Å². The van der Waals surface area contributed by atoms with Crippen molar-refractivity contribution in [2.75, 3.05) is 0 Å². The second-order valence-electron chi connectivity index (χ2n) is 9.11. The molecule has 1 amide bonds. The van der Waals surface area contributed by atoms with Crippen molar-refractivity contribution in [1.29, 1.82) is 0 Å². The third-order valence-electron chi connectivity index (χ3n) is 5.20. The number of para-hydroxylation sites is 1. The number of phenols is 1. The number of ether oxygens (including phenoxy) is 2. The summed E-state index contributed by atoms with van der Waals surface area (Å²) in [6, 6.07) is 15.0. The van der Waals surface area contributed by atoms with Crippen LogP contribution in [0.15, 0.2) is 69.9 Å². The number of carbonyl (C=O) groups excluding carboxylic acids is 2. The first-order chi connectivity index (χ1) is 16.5. The Labute approximate surface area is 201 Å². The van der Waals surface area contributed by atoms with Crippen molar-refractivity contribution >= 4 is 34.0 Å². The fourth-order valence-electron chi connectivity index (χ4n) is 3.68. The van der Waals surface area contributed by atoms with Crippen LogP contribution in [-0.2, 0) is 9.53 Å². The Kier molecular flexibility index (Phi) is 6.22. The molecule has 4 aromatic rings. The van der Waals surface area contributed by atoms with Gasteiger partial charge >= 0.3 is 12.1 Å². The molecule has 3 aromatic carbocycles. The van der Waals surface area contributed by atoms with E-state index in [4.69, 9.17) is 13.9 Å². The van der Waals surface area contributed by atoms with Crippen molar-refractivity contribution in [3.63, 3.8) is 0 Å². The highest BCUT2D eigenvalue weighted by atomic mass is 16.6. The number of aromatic hydroxyl groups is 1. The van der Waals surface area contributed by atoms with Crippen LogP contribution in [0, 0.1) is 6.92 Å². The largest absolute Gasteiger partial charge is 0.507 e. The summed E-state index contributed by atoms with van der Waals surface area (Å²) in [5.74, 6) is -1.26. The Morgan fingerprint density at radius 1 is 1.03 bits per heavy atom. The smallest absolute Gasteiger partial charge is 0.408 e. The number of benzene rings is 3. The lowest BCUT2D eigenvalue weighted by Crippen LogP contribution is -2.39. The Morgan fingerprint density at radius 3 is 2.43 bits per heavy atom. The highest BCUT2D eigenvalue weighted by Gasteiger charge is 2.28. The van der Waals surface area contributed by atoms with Gasteiger partial charge in [-0.2, -0.15) is 0 Å². The molecule has 1 heterocycles. The maximum Gasteiger partial charge on any atom is 0.408 e. The number of nitrogens with one attached hydrogen (secondary N) is 1. The van der Waals surface area contributed by atoms with E-state index in [0.29, 0.717) is 16.5 Å². The predicted molar refractivity (Wildman–Crippen MR) is 131 cm³/mol. The van der Waals surface area contributed by atoms with Crippen molar-refractivity contribution in [2.45, 2.75) is 39.3 Å². The standard InChI is InChI=1S/C27H25NO7/c1-15-9-8-12-18-23(30)21-19(29)13-17(14-20(21)34-24(15)18)33-25(31)22(16-10-6-5-7-11-16)28-26(32)35-27(2,3)4/h5-14,22,29H,1-4H3,(H,28,32)/t22-/m0/s1. The molecule has 0 radical (unpaired) electrons. The molecule has 0 saturated carbocycles. The summed E-state index contributed by atoms with van der Waals surface area (Å²) in [6.45, 7) is 6.92. The average molecular weight is 475 g/mol. The van der Waals surface area contributed by atoms with Gasteiger partial charge in [0, 0.05) is 12.1 Å². The molecule has 0 aliphatic carbocycles. The maximum atomic E-state index is 13.1. The molecule has 8 heteroatoms. The number of esters is 1. The van der Waals surface area contributed by atoms with Crippen LogP contribution in [0.5, 0.6) is 11.5 Å². The first-order valence-corrected chi connectivity index (χ1v) is 11.0. The summed E-state index contributed by atoms with van der Waals surface area (Å²) >= 11 is 0. The number of carbonyl (C=O) groups is 2.